The molecule has 0 saturated carbocycles. The van der Waals surface area contributed by atoms with Crippen molar-refractivity contribution in [1.82, 2.24) is 0 Å². The number of carbonyl (C=O) groups is 1. The second-order valence-corrected chi connectivity index (χ2v) is 2.89. The first-order valence-corrected chi connectivity index (χ1v) is 4.57. The van der Waals surface area contributed by atoms with Gasteiger partial charge in [0.15, 0.2) is 0 Å². The Morgan fingerprint density at radius 1 is 1.44 bits per heavy atom. The topological polar surface area (TPSA) is 86.1 Å². The second-order valence-electron chi connectivity index (χ2n) is 2.89. The van der Waals surface area contributed by atoms with Gasteiger partial charge in [0, 0.05) is 23.4 Å². The lowest BCUT2D eigenvalue weighted by Crippen LogP contribution is -1.94. The van der Waals surface area contributed by atoms with E-state index in [2.05, 4.69) is 21.9 Å². The summed E-state index contributed by atoms with van der Waals surface area (Å²) in [6, 6.07) is 6.29. The normalized spacial score (nSPS) is 8.50. The zero-order valence-electron chi connectivity index (χ0n) is 8.42. The third-order valence-corrected chi connectivity index (χ3v) is 1.76. The fraction of sp³-hybridized carbons (Fsp3) is 0.182. The molecule has 1 rings (SSSR count). The number of hydrogen-bond donors (Lipinski definition) is 1. The number of hydrogen-bond acceptors (Lipinski definition) is 2. The van der Waals surface area contributed by atoms with Crippen LogP contribution in [0.4, 0.5) is 0 Å². The average molecular weight is 215 g/mol. The summed E-state index contributed by atoms with van der Waals surface area (Å²) < 4.78 is 0. The van der Waals surface area contributed by atoms with Crippen molar-refractivity contribution in [2.75, 3.05) is 6.54 Å². The highest BCUT2D eigenvalue weighted by Crippen LogP contribution is 2.02. The van der Waals surface area contributed by atoms with E-state index in [0.717, 1.165) is 5.56 Å². The molecule has 5 heteroatoms. The van der Waals surface area contributed by atoms with Crippen LogP contribution >= 0.6 is 0 Å². The summed E-state index contributed by atoms with van der Waals surface area (Å²) in [4.78, 5) is 13.2. The number of rotatable bonds is 3. The van der Waals surface area contributed by atoms with Gasteiger partial charge in [0.2, 0.25) is 0 Å². The van der Waals surface area contributed by atoms with E-state index >= 15 is 0 Å². The number of nitrogens with zero attached hydrogens (tertiary/aromatic N) is 3. The van der Waals surface area contributed by atoms with Crippen LogP contribution in [0.5, 0.6) is 0 Å². The van der Waals surface area contributed by atoms with Crippen LogP contribution in [-0.2, 0) is 0 Å². The maximum Gasteiger partial charge on any atom is 0.335 e. The van der Waals surface area contributed by atoms with Gasteiger partial charge in [0.05, 0.1) is 5.56 Å². The highest BCUT2D eigenvalue weighted by atomic mass is 16.4. The van der Waals surface area contributed by atoms with Crippen LogP contribution < -0.4 is 0 Å². The largest absolute Gasteiger partial charge is 0.478 e. The van der Waals surface area contributed by atoms with Gasteiger partial charge >= 0.3 is 5.97 Å². The van der Waals surface area contributed by atoms with Gasteiger partial charge in [-0.05, 0) is 29.8 Å². The molecule has 0 aromatic heterocycles. The van der Waals surface area contributed by atoms with Crippen molar-refractivity contribution in [2.24, 2.45) is 5.11 Å². The molecule has 80 valence electrons. The highest BCUT2D eigenvalue weighted by Gasteiger charge is 1.99. The molecule has 0 aliphatic rings. The zero-order chi connectivity index (χ0) is 11.8. The van der Waals surface area contributed by atoms with Crippen molar-refractivity contribution < 1.29 is 9.90 Å². The molecule has 0 aliphatic carbocycles. The van der Waals surface area contributed by atoms with Gasteiger partial charge in [0.1, 0.15) is 0 Å². The van der Waals surface area contributed by atoms with Crippen LogP contribution in [0.1, 0.15) is 22.3 Å². The Morgan fingerprint density at radius 3 is 2.69 bits per heavy atom. The molecule has 0 amide bonds. The number of carboxylic acids is 1. The van der Waals surface area contributed by atoms with E-state index in [1.807, 2.05) is 0 Å². The summed E-state index contributed by atoms with van der Waals surface area (Å²) in [6.45, 7) is 0.344. The average Bonchev–Trinajstić information content (AvgIpc) is 2.29. The van der Waals surface area contributed by atoms with Crippen LogP contribution in [0.15, 0.2) is 29.4 Å². The minimum atomic E-state index is -0.956. The fourth-order valence-corrected chi connectivity index (χ4v) is 1.01. The molecule has 5 nitrogen and oxygen atoms in total. The second kappa shape index (κ2) is 6.12. The molecule has 16 heavy (non-hydrogen) atoms. The molecule has 0 spiro atoms. The van der Waals surface area contributed by atoms with Crippen molar-refractivity contribution in [2.45, 2.75) is 6.42 Å². The van der Waals surface area contributed by atoms with Gasteiger partial charge in [-0.1, -0.05) is 17.0 Å². The molecule has 1 aromatic carbocycles. The minimum Gasteiger partial charge on any atom is -0.478 e. The van der Waals surface area contributed by atoms with Crippen LogP contribution in [0, 0.1) is 11.8 Å². The van der Waals surface area contributed by atoms with E-state index in [-0.39, 0.29) is 5.56 Å². The lowest BCUT2D eigenvalue weighted by Gasteiger charge is -1.93. The molecule has 0 fully saturated rings. The smallest absolute Gasteiger partial charge is 0.335 e. The third kappa shape index (κ3) is 3.74. The number of aromatic carboxylic acids is 1. The molecule has 1 N–H and O–H groups in total. The van der Waals surface area contributed by atoms with E-state index in [1.165, 1.54) is 12.1 Å². The Balaban J connectivity index is 2.61. The van der Waals surface area contributed by atoms with Gasteiger partial charge in [0.25, 0.3) is 0 Å². The molecule has 0 radical (unpaired) electrons. The first kappa shape index (κ1) is 11.6. The van der Waals surface area contributed by atoms with Gasteiger partial charge in [-0.15, -0.1) is 0 Å². The van der Waals surface area contributed by atoms with E-state index in [4.69, 9.17) is 10.6 Å². The Hall–Kier alpha value is -2.44. The molecule has 0 bridgehead atoms. The molecule has 0 aliphatic heterocycles. The van der Waals surface area contributed by atoms with Gasteiger partial charge in [-0.3, -0.25) is 0 Å². The SMILES string of the molecule is [N-]=[N+]=NCCC#Cc1ccc(C(=O)O)cc1. The quantitative estimate of drug-likeness (QED) is 0.276. The maximum absolute atomic E-state index is 10.6. The summed E-state index contributed by atoms with van der Waals surface area (Å²) in [5.74, 6) is 4.71. The summed E-state index contributed by atoms with van der Waals surface area (Å²) >= 11 is 0. The Morgan fingerprint density at radius 2 is 2.12 bits per heavy atom. The molecular weight excluding hydrogens is 206 g/mol. The number of azide groups is 1. The minimum absolute atomic E-state index is 0.236. The molecule has 0 saturated heterocycles. The number of benzene rings is 1. The monoisotopic (exact) mass is 215 g/mol. The van der Waals surface area contributed by atoms with Crippen molar-refractivity contribution in [1.29, 1.82) is 0 Å². The Kier molecular flexibility index (Phi) is 4.45. The Labute approximate surface area is 92.3 Å². The molecule has 0 unspecified atom stereocenters. The molecule has 0 atom stereocenters. The fourth-order valence-electron chi connectivity index (χ4n) is 1.01. The van der Waals surface area contributed by atoms with Gasteiger partial charge in [-0.25, -0.2) is 4.79 Å². The summed E-state index contributed by atoms with van der Waals surface area (Å²) in [5.41, 5.74) is 9.00. The van der Waals surface area contributed by atoms with Gasteiger partial charge in [-0.2, -0.15) is 0 Å². The standard InChI is InChI=1S/C11H9N3O2/c12-14-13-8-2-1-3-9-4-6-10(7-5-9)11(15)16/h4-7H,2,8H2,(H,15,16). The zero-order valence-corrected chi connectivity index (χ0v) is 8.42. The number of carboxylic acid groups (broad SMARTS) is 1. The van der Waals surface area contributed by atoms with Crippen molar-refractivity contribution in [3.8, 4) is 11.8 Å². The van der Waals surface area contributed by atoms with Crippen LogP contribution in [0.25, 0.3) is 10.4 Å². The van der Waals surface area contributed by atoms with Crippen LogP contribution in [0.3, 0.4) is 0 Å². The predicted octanol–water partition coefficient (Wildman–Crippen LogP) is 2.44. The van der Waals surface area contributed by atoms with Gasteiger partial charge < -0.3 is 5.11 Å². The van der Waals surface area contributed by atoms with Crippen molar-refractivity contribution in [3.63, 3.8) is 0 Å². The lowest BCUT2D eigenvalue weighted by molar-refractivity contribution is 0.0697. The molecule has 1 aromatic rings. The molecular formula is C11H9N3O2. The van der Waals surface area contributed by atoms with Crippen molar-refractivity contribution in [3.05, 3.63) is 45.8 Å². The predicted molar refractivity (Wildman–Crippen MR) is 58.9 cm³/mol. The maximum atomic E-state index is 10.6. The summed E-state index contributed by atoms with van der Waals surface area (Å²) in [6.07, 6.45) is 0.491. The van der Waals surface area contributed by atoms with E-state index in [9.17, 15) is 4.79 Å². The summed E-state index contributed by atoms with van der Waals surface area (Å²) in [5, 5.41) is 12.0. The third-order valence-electron chi connectivity index (χ3n) is 1.76. The molecule has 0 heterocycles. The highest BCUT2D eigenvalue weighted by molar-refractivity contribution is 5.87. The van der Waals surface area contributed by atoms with Crippen molar-refractivity contribution >= 4 is 5.97 Å². The summed E-state index contributed by atoms with van der Waals surface area (Å²) in [7, 11) is 0. The lowest BCUT2D eigenvalue weighted by atomic mass is 10.1. The Bertz CT molecular complexity index is 476. The van der Waals surface area contributed by atoms with Crippen LogP contribution in [0.2, 0.25) is 0 Å². The van der Waals surface area contributed by atoms with Crippen LogP contribution in [-0.4, -0.2) is 17.6 Å². The van der Waals surface area contributed by atoms with E-state index < -0.39 is 5.97 Å². The first-order valence-electron chi connectivity index (χ1n) is 4.57. The first-order chi connectivity index (χ1) is 7.74. The van der Waals surface area contributed by atoms with E-state index in [1.54, 1.807) is 12.1 Å². The van der Waals surface area contributed by atoms with E-state index in [0.29, 0.717) is 13.0 Å².